The number of nitrogens with one attached hydrogen (secondary N) is 1. The zero-order valence-corrected chi connectivity index (χ0v) is 12.1. The maximum Gasteiger partial charge on any atom is 0.407 e. The molecule has 0 fully saturated rings. The number of amides is 1. The Morgan fingerprint density at radius 1 is 1.45 bits per heavy atom. The molecule has 1 amide bonds. The maximum absolute atomic E-state index is 11.4. The fraction of sp³-hybridized carbons (Fsp3) is 0.500. The molecule has 110 valence electrons. The highest BCUT2D eigenvalue weighted by Crippen LogP contribution is 2.07. The van der Waals surface area contributed by atoms with Crippen molar-refractivity contribution in [3.05, 3.63) is 30.1 Å². The fourth-order valence-corrected chi connectivity index (χ4v) is 1.52. The maximum atomic E-state index is 11.4. The molecular weight excluding hydrogens is 258 g/mol. The minimum absolute atomic E-state index is 0.445. The number of carbonyl (C=O) groups excluding carboxylic acids is 1. The summed E-state index contributed by atoms with van der Waals surface area (Å²) >= 11 is 0. The van der Waals surface area contributed by atoms with Crippen LogP contribution in [0.2, 0.25) is 0 Å². The van der Waals surface area contributed by atoms with Crippen molar-refractivity contribution in [2.75, 3.05) is 6.54 Å². The van der Waals surface area contributed by atoms with E-state index in [1.165, 1.54) is 0 Å². The Balaban J connectivity index is 2.32. The largest absolute Gasteiger partial charge is 0.444 e. The van der Waals surface area contributed by atoms with Gasteiger partial charge in [0, 0.05) is 12.7 Å². The molecule has 0 aromatic carbocycles. The lowest BCUT2D eigenvalue weighted by molar-refractivity contribution is 0.0527. The third-order valence-corrected chi connectivity index (χ3v) is 2.34. The molecule has 0 radical (unpaired) electrons. The number of aromatic nitrogens is 1. The van der Waals surface area contributed by atoms with Gasteiger partial charge in [0.25, 0.3) is 0 Å². The van der Waals surface area contributed by atoms with E-state index in [0.29, 0.717) is 30.8 Å². The van der Waals surface area contributed by atoms with Gasteiger partial charge in [-0.25, -0.2) is 4.79 Å². The number of hydrogen-bond donors (Lipinski definition) is 2. The van der Waals surface area contributed by atoms with Crippen molar-refractivity contribution in [2.45, 2.75) is 39.2 Å². The number of alkyl carbamates (subject to hydrolysis) is 1. The average Bonchev–Trinajstić information content (AvgIpc) is 2.38. The average molecular weight is 279 g/mol. The van der Waals surface area contributed by atoms with Crippen molar-refractivity contribution in [2.24, 2.45) is 5.16 Å². The third-order valence-electron chi connectivity index (χ3n) is 2.34. The first-order valence-electron chi connectivity index (χ1n) is 6.51. The number of nitrogens with zero attached hydrogens (tertiary/aromatic N) is 2. The number of carbonyl (C=O) groups is 1. The van der Waals surface area contributed by atoms with E-state index in [1.54, 1.807) is 18.3 Å². The van der Waals surface area contributed by atoms with Crippen LogP contribution in [0.5, 0.6) is 0 Å². The number of ether oxygens (including phenoxy) is 1. The van der Waals surface area contributed by atoms with Crippen LogP contribution in [-0.2, 0) is 4.74 Å². The first-order valence-corrected chi connectivity index (χ1v) is 6.51. The Morgan fingerprint density at radius 2 is 2.20 bits per heavy atom. The van der Waals surface area contributed by atoms with Crippen LogP contribution in [0.15, 0.2) is 29.6 Å². The standard InChI is InChI=1S/C14H21N3O3/c1-14(2,3)20-13(18)16-10-6-8-12(17-19)11-7-4-5-9-15-11/h4-5,7,9,19H,6,8,10H2,1-3H3,(H,16,18)/b17-12+. The molecule has 0 saturated heterocycles. The molecule has 1 rings (SSSR count). The highest BCUT2D eigenvalue weighted by molar-refractivity contribution is 5.98. The summed E-state index contributed by atoms with van der Waals surface area (Å²) in [5, 5.41) is 14.9. The zero-order chi connectivity index (χ0) is 15.0. The molecule has 6 nitrogen and oxygen atoms in total. The van der Waals surface area contributed by atoms with Crippen LogP contribution in [-0.4, -0.2) is 34.1 Å². The van der Waals surface area contributed by atoms with Gasteiger partial charge in [-0.15, -0.1) is 0 Å². The fourth-order valence-electron chi connectivity index (χ4n) is 1.52. The highest BCUT2D eigenvalue weighted by Gasteiger charge is 2.15. The molecule has 0 aliphatic heterocycles. The van der Waals surface area contributed by atoms with Crippen molar-refractivity contribution in [1.29, 1.82) is 0 Å². The summed E-state index contributed by atoms with van der Waals surface area (Å²) in [7, 11) is 0. The zero-order valence-electron chi connectivity index (χ0n) is 12.1. The molecular formula is C14H21N3O3. The predicted octanol–water partition coefficient (Wildman–Crippen LogP) is 2.56. The van der Waals surface area contributed by atoms with E-state index < -0.39 is 11.7 Å². The second-order valence-corrected chi connectivity index (χ2v) is 5.29. The van der Waals surface area contributed by atoms with Crippen LogP contribution < -0.4 is 5.32 Å². The number of hydrogen-bond acceptors (Lipinski definition) is 5. The topological polar surface area (TPSA) is 83.8 Å². The first-order chi connectivity index (χ1) is 9.42. The lowest BCUT2D eigenvalue weighted by Crippen LogP contribution is -2.33. The van der Waals surface area contributed by atoms with Crippen molar-refractivity contribution < 1.29 is 14.7 Å². The van der Waals surface area contributed by atoms with Crippen LogP contribution in [0.25, 0.3) is 0 Å². The summed E-state index contributed by atoms with van der Waals surface area (Å²) in [6.45, 7) is 5.87. The summed E-state index contributed by atoms with van der Waals surface area (Å²) in [5.74, 6) is 0. The van der Waals surface area contributed by atoms with Gasteiger partial charge >= 0.3 is 6.09 Å². The Hall–Kier alpha value is -2.11. The van der Waals surface area contributed by atoms with Crippen LogP contribution in [0.3, 0.4) is 0 Å². The quantitative estimate of drug-likeness (QED) is 0.375. The summed E-state index contributed by atoms with van der Waals surface area (Å²) in [6, 6.07) is 5.39. The number of rotatable bonds is 5. The summed E-state index contributed by atoms with van der Waals surface area (Å²) in [6.07, 6.45) is 2.34. The Labute approximate surface area is 118 Å². The predicted molar refractivity (Wildman–Crippen MR) is 76.0 cm³/mol. The van der Waals surface area contributed by atoms with Gasteiger partial charge in [-0.05, 0) is 45.7 Å². The number of pyridine rings is 1. The van der Waals surface area contributed by atoms with Gasteiger partial charge in [-0.2, -0.15) is 0 Å². The normalized spacial score (nSPS) is 12.1. The lowest BCUT2D eigenvalue weighted by atomic mass is 10.1. The molecule has 1 aromatic rings. The minimum atomic E-state index is -0.504. The second-order valence-electron chi connectivity index (χ2n) is 5.29. The van der Waals surface area contributed by atoms with Gasteiger partial charge < -0.3 is 15.3 Å². The molecule has 0 spiro atoms. The molecule has 0 atom stereocenters. The van der Waals surface area contributed by atoms with E-state index in [4.69, 9.17) is 9.94 Å². The van der Waals surface area contributed by atoms with E-state index in [-0.39, 0.29) is 0 Å². The van der Waals surface area contributed by atoms with Crippen LogP contribution in [0.1, 0.15) is 39.3 Å². The minimum Gasteiger partial charge on any atom is -0.444 e. The van der Waals surface area contributed by atoms with Gasteiger partial charge in [0.05, 0.1) is 5.69 Å². The van der Waals surface area contributed by atoms with Crippen LogP contribution in [0.4, 0.5) is 4.79 Å². The summed E-state index contributed by atoms with van der Waals surface area (Å²) in [5.41, 5.74) is 0.624. The van der Waals surface area contributed by atoms with Gasteiger partial charge in [0.2, 0.25) is 0 Å². The van der Waals surface area contributed by atoms with Crippen LogP contribution in [0, 0.1) is 0 Å². The Kier molecular flexibility index (Phi) is 5.96. The molecule has 0 aliphatic rings. The number of oxime groups is 1. The van der Waals surface area contributed by atoms with E-state index in [0.717, 1.165) is 0 Å². The SMILES string of the molecule is CC(C)(C)OC(=O)NCCC/C(=N\O)c1ccccn1. The van der Waals surface area contributed by atoms with E-state index in [9.17, 15) is 4.79 Å². The molecule has 2 N–H and O–H groups in total. The highest BCUT2D eigenvalue weighted by atomic mass is 16.6. The van der Waals surface area contributed by atoms with Gasteiger partial charge in [-0.1, -0.05) is 11.2 Å². The molecule has 0 unspecified atom stereocenters. The Morgan fingerprint density at radius 3 is 2.75 bits per heavy atom. The first kappa shape index (κ1) is 15.9. The summed E-state index contributed by atoms with van der Waals surface area (Å²) < 4.78 is 5.11. The van der Waals surface area contributed by atoms with Crippen molar-refractivity contribution in [1.82, 2.24) is 10.3 Å². The van der Waals surface area contributed by atoms with Crippen molar-refractivity contribution in [3.8, 4) is 0 Å². The molecule has 0 bridgehead atoms. The molecule has 6 heteroatoms. The van der Waals surface area contributed by atoms with Gasteiger partial charge in [0.1, 0.15) is 11.3 Å². The Bertz CT molecular complexity index is 452. The van der Waals surface area contributed by atoms with E-state index >= 15 is 0 Å². The molecule has 0 aliphatic carbocycles. The monoisotopic (exact) mass is 279 g/mol. The molecule has 20 heavy (non-hydrogen) atoms. The second kappa shape index (κ2) is 7.47. The van der Waals surface area contributed by atoms with E-state index in [2.05, 4.69) is 15.5 Å². The van der Waals surface area contributed by atoms with Crippen LogP contribution >= 0.6 is 0 Å². The molecule has 0 saturated carbocycles. The smallest absolute Gasteiger partial charge is 0.407 e. The lowest BCUT2D eigenvalue weighted by Gasteiger charge is -2.19. The van der Waals surface area contributed by atoms with Crippen molar-refractivity contribution >= 4 is 11.8 Å². The van der Waals surface area contributed by atoms with Gasteiger partial charge in [-0.3, -0.25) is 4.98 Å². The van der Waals surface area contributed by atoms with Crippen molar-refractivity contribution in [3.63, 3.8) is 0 Å². The van der Waals surface area contributed by atoms with E-state index in [1.807, 2.05) is 26.8 Å². The molecule has 1 aromatic heterocycles. The third kappa shape index (κ3) is 6.17. The molecule has 1 heterocycles. The van der Waals surface area contributed by atoms with Gasteiger partial charge in [0.15, 0.2) is 0 Å². The summed E-state index contributed by atoms with van der Waals surface area (Å²) in [4.78, 5) is 15.5.